The van der Waals surface area contributed by atoms with E-state index in [1.807, 2.05) is 65.0 Å². The standard InChI is InChI=1S/C36H40FN3O4S/c1-25(2)38-36(42)34(22-29-11-7-6-8-12-29)39(23-30-13-9-10-14-33(30)37)35(41)24-40(31-18-17-27(4)28(5)21-31)45(43,44)32-19-15-26(3)16-20-32/h6-21,25,34H,22-24H2,1-5H3,(H,38,42)/t34-/m1/s1. The van der Waals surface area contributed by atoms with Gasteiger partial charge in [0.25, 0.3) is 10.0 Å². The van der Waals surface area contributed by atoms with Crippen LogP contribution in [0.3, 0.4) is 0 Å². The van der Waals surface area contributed by atoms with Crippen LogP contribution in [-0.4, -0.2) is 43.8 Å². The molecule has 0 aliphatic carbocycles. The molecule has 0 heterocycles. The second-order valence-corrected chi connectivity index (χ2v) is 13.4. The number of hydrogen-bond acceptors (Lipinski definition) is 4. The largest absolute Gasteiger partial charge is 0.352 e. The van der Waals surface area contributed by atoms with Gasteiger partial charge in [-0.15, -0.1) is 0 Å². The first-order valence-electron chi connectivity index (χ1n) is 14.9. The topological polar surface area (TPSA) is 86.8 Å². The lowest BCUT2D eigenvalue weighted by Gasteiger charge is -2.34. The van der Waals surface area contributed by atoms with E-state index in [1.54, 1.807) is 48.5 Å². The quantitative estimate of drug-likeness (QED) is 0.205. The Morgan fingerprint density at radius 3 is 2.09 bits per heavy atom. The molecule has 1 N–H and O–H groups in total. The van der Waals surface area contributed by atoms with Gasteiger partial charge in [0.05, 0.1) is 10.6 Å². The first-order chi connectivity index (χ1) is 21.4. The van der Waals surface area contributed by atoms with Crippen LogP contribution in [0.1, 0.15) is 41.7 Å². The molecule has 2 amide bonds. The number of sulfonamides is 1. The zero-order valence-electron chi connectivity index (χ0n) is 26.3. The minimum absolute atomic E-state index is 0.0261. The van der Waals surface area contributed by atoms with Crippen LogP contribution >= 0.6 is 0 Å². The van der Waals surface area contributed by atoms with Crippen molar-refractivity contribution in [2.45, 2.75) is 64.6 Å². The minimum atomic E-state index is -4.22. The fourth-order valence-corrected chi connectivity index (χ4v) is 6.40. The van der Waals surface area contributed by atoms with Gasteiger partial charge in [0.1, 0.15) is 18.4 Å². The van der Waals surface area contributed by atoms with Gasteiger partial charge in [0.2, 0.25) is 11.8 Å². The predicted molar refractivity (Wildman–Crippen MR) is 176 cm³/mol. The summed E-state index contributed by atoms with van der Waals surface area (Å²) in [5, 5.41) is 2.90. The van der Waals surface area contributed by atoms with Gasteiger partial charge in [-0.1, -0.05) is 72.3 Å². The molecule has 9 heteroatoms. The van der Waals surface area contributed by atoms with E-state index in [-0.39, 0.29) is 29.5 Å². The van der Waals surface area contributed by atoms with Crippen molar-refractivity contribution in [2.24, 2.45) is 0 Å². The summed E-state index contributed by atoms with van der Waals surface area (Å²) >= 11 is 0. The highest BCUT2D eigenvalue weighted by molar-refractivity contribution is 7.92. The third-order valence-corrected chi connectivity index (χ3v) is 9.45. The molecule has 0 radical (unpaired) electrons. The first kappa shape index (κ1) is 33.4. The molecule has 0 bridgehead atoms. The average Bonchev–Trinajstić information content (AvgIpc) is 3.00. The number of carbonyl (C=O) groups excluding carboxylic acids is 2. The molecule has 0 saturated heterocycles. The van der Waals surface area contributed by atoms with Crippen LogP contribution in [0.25, 0.3) is 0 Å². The van der Waals surface area contributed by atoms with Crippen molar-refractivity contribution in [3.05, 3.63) is 131 Å². The molecule has 0 spiro atoms. The number of halogens is 1. The summed E-state index contributed by atoms with van der Waals surface area (Å²) in [7, 11) is -4.22. The highest BCUT2D eigenvalue weighted by atomic mass is 32.2. The van der Waals surface area contributed by atoms with Crippen LogP contribution in [0.2, 0.25) is 0 Å². The molecule has 0 fully saturated rings. The van der Waals surface area contributed by atoms with Crippen molar-refractivity contribution in [1.82, 2.24) is 10.2 Å². The van der Waals surface area contributed by atoms with Gasteiger partial charge in [0, 0.05) is 24.6 Å². The monoisotopic (exact) mass is 629 g/mol. The minimum Gasteiger partial charge on any atom is -0.352 e. The second kappa shape index (κ2) is 14.5. The van der Waals surface area contributed by atoms with E-state index >= 15 is 4.39 Å². The van der Waals surface area contributed by atoms with Crippen LogP contribution in [0.4, 0.5) is 10.1 Å². The Labute approximate surface area is 265 Å². The van der Waals surface area contributed by atoms with E-state index in [9.17, 15) is 18.0 Å². The molecule has 0 unspecified atom stereocenters. The Kier molecular flexibility index (Phi) is 10.8. The lowest BCUT2D eigenvalue weighted by atomic mass is 10.0. The summed E-state index contributed by atoms with van der Waals surface area (Å²) in [4.78, 5) is 29.5. The molecule has 7 nitrogen and oxygen atoms in total. The van der Waals surface area contributed by atoms with Crippen molar-refractivity contribution >= 4 is 27.5 Å². The van der Waals surface area contributed by atoms with Crippen LogP contribution in [0.15, 0.2) is 102 Å². The Morgan fingerprint density at radius 1 is 0.822 bits per heavy atom. The van der Waals surface area contributed by atoms with Gasteiger partial charge in [0.15, 0.2) is 0 Å². The van der Waals surface area contributed by atoms with Crippen molar-refractivity contribution in [1.29, 1.82) is 0 Å². The molecule has 4 aromatic rings. The molecule has 1 atom stereocenters. The lowest BCUT2D eigenvalue weighted by Crippen LogP contribution is -2.54. The summed E-state index contributed by atoms with van der Waals surface area (Å²) in [5.74, 6) is -1.60. The van der Waals surface area contributed by atoms with Crippen LogP contribution in [0.5, 0.6) is 0 Å². The zero-order valence-corrected chi connectivity index (χ0v) is 27.1. The van der Waals surface area contributed by atoms with Gasteiger partial charge < -0.3 is 10.2 Å². The molecule has 45 heavy (non-hydrogen) atoms. The fourth-order valence-electron chi connectivity index (χ4n) is 4.99. The van der Waals surface area contributed by atoms with Gasteiger partial charge in [-0.25, -0.2) is 12.8 Å². The predicted octanol–water partition coefficient (Wildman–Crippen LogP) is 6.11. The summed E-state index contributed by atoms with van der Waals surface area (Å²) in [6, 6.07) is 25.6. The van der Waals surface area contributed by atoms with Crippen molar-refractivity contribution < 1.29 is 22.4 Å². The van der Waals surface area contributed by atoms with Crippen molar-refractivity contribution in [2.75, 3.05) is 10.8 Å². The molecule has 0 aliphatic heterocycles. The number of nitrogens with zero attached hydrogens (tertiary/aromatic N) is 2. The number of aryl methyl sites for hydroxylation is 3. The maximum Gasteiger partial charge on any atom is 0.264 e. The maximum atomic E-state index is 15.0. The van der Waals surface area contributed by atoms with Crippen molar-refractivity contribution in [3.63, 3.8) is 0 Å². The molecule has 236 valence electrons. The molecule has 0 aromatic heterocycles. The molecule has 0 saturated carbocycles. The summed E-state index contributed by atoms with van der Waals surface area (Å²) in [6.45, 7) is 8.44. The third-order valence-electron chi connectivity index (χ3n) is 7.67. The van der Waals surface area contributed by atoms with E-state index < -0.39 is 40.2 Å². The van der Waals surface area contributed by atoms with E-state index in [0.717, 1.165) is 26.6 Å². The number of anilines is 1. The number of carbonyl (C=O) groups is 2. The van der Waals surface area contributed by atoms with Gasteiger partial charge >= 0.3 is 0 Å². The van der Waals surface area contributed by atoms with E-state index in [1.165, 1.54) is 23.1 Å². The highest BCUT2D eigenvalue weighted by Gasteiger charge is 2.35. The summed E-state index contributed by atoms with van der Waals surface area (Å²) in [5.41, 5.74) is 4.02. The Hall–Kier alpha value is -4.50. The van der Waals surface area contributed by atoms with Crippen LogP contribution in [-0.2, 0) is 32.6 Å². The van der Waals surface area contributed by atoms with Crippen LogP contribution in [0, 0.1) is 26.6 Å². The SMILES string of the molecule is Cc1ccc(S(=O)(=O)N(CC(=O)N(Cc2ccccc2F)[C@H](Cc2ccccc2)C(=O)NC(C)C)c2ccc(C)c(C)c2)cc1. The van der Waals surface area contributed by atoms with Gasteiger partial charge in [-0.3, -0.25) is 13.9 Å². The Bertz CT molecular complexity index is 1740. The lowest BCUT2D eigenvalue weighted by molar-refractivity contribution is -0.140. The molecular weight excluding hydrogens is 589 g/mol. The third kappa shape index (κ3) is 8.36. The van der Waals surface area contributed by atoms with Gasteiger partial charge in [-0.05, 0) is 81.6 Å². The van der Waals surface area contributed by atoms with E-state index in [2.05, 4.69) is 5.32 Å². The second-order valence-electron chi connectivity index (χ2n) is 11.6. The molecule has 0 aliphatic rings. The first-order valence-corrected chi connectivity index (χ1v) is 16.3. The molecular formula is C36H40FN3O4S. The number of amides is 2. The number of benzene rings is 4. The summed E-state index contributed by atoms with van der Waals surface area (Å²) in [6.07, 6.45) is 0.147. The van der Waals surface area contributed by atoms with E-state index in [0.29, 0.717) is 5.69 Å². The molecule has 4 aromatic carbocycles. The number of rotatable bonds is 12. The summed E-state index contributed by atoms with van der Waals surface area (Å²) < 4.78 is 44.4. The fraction of sp³-hybridized carbons (Fsp3) is 0.278. The normalized spacial score (nSPS) is 12.1. The smallest absolute Gasteiger partial charge is 0.264 e. The van der Waals surface area contributed by atoms with E-state index in [4.69, 9.17) is 0 Å². The van der Waals surface area contributed by atoms with Gasteiger partial charge in [-0.2, -0.15) is 0 Å². The number of nitrogens with one attached hydrogen (secondary N) is 1. The maximum absolute atomic E-state index is 15.0. The van der Waals surface area contributed by atoms with Crippen molar-refractivity contribution in [3.8, 4) is 0 Å². The average molecular weight is 630 g/mol. The highest BCUT2D eigenvalue weighted by Crippen LogP contribution is 2.27. The van der Waals surface area contributed by atoms with Crippen LogP contribution < -0.4 is 9.62 Å². The number of hydrogen-bond donors (Lipinski definition) is 1. The molecule has 4 rings (SSSR count). The Morgan fingerprint density at radius 2 is 1.47 bits per heavy atom. The Balaban J connectivity index is 1.83. The zero-order chi connectivity index (χ0) is 32.7.